The molecule has 0 spiro atoms. The highest BCUT2D eigenvalue weighted by Gasteiger charge is 2.06. The molecule has 4 heteroatoms. The highest BCUT2D eigenvalue weighted by atomic mass is 16.5. The number of ether oxygens (including phenoxy) is 1. The summed E-state index contributed by atoms with van der Waals surface area (Å²) < 4.78 is 7.76. The van der Waals surface area contributed by atoms with Crippen LogP contribution in [0.2, 0.25) is 0 Å². The lowest BCUT2D eigenvalue weighted by Crippen LogP contribution is -2.24. The average molecular weight is 273 g/mol. The molecule has 1 heterocycles. The van der Waals surface area contributed by atoms with Crippen LogP contribution in [0.5, 0.6) is 5.75 Å². The van der Waals surface area contributed by atoms with Crippen LogP contribution in [0.3, 0.4) is 0 Å². The zero-order valence-electron chi connectivity index (χ0n) is 12.2. The van der Waals surface area contributed by atoms with Crippen molar-refractivity contribution in [1.82, 2.24) is 9.55 Å². The van der Waals surface area contributed by atoms with Gasteiger partial charge in [0, 0.05) is 31.9 Å². The fraction of sp³-hybridized carbons (Fsp3) is 0.438. The number of aromatic nitrogens is 2. The third-order valence-electron chi connectivity index (χ3n) is 3.41. The predicted octanol–water partition coefficient (Wildman–Crippen LogP) is 2.46. The molecule has 1 atom stereocenters. The third kappa shape index (κ3) is 4.38. The predicted molar refractivity (Wildman–Crippen MR) is 80.8 cm³/mol. The first-order valence-corrected chi connectivity index (χ1v) is 7.06. The van der Waals surface area contributed by atoms with E-state index in [0.29, 0.717) is 6.61 Å². The number of hydrogen-bond donors (Lipinski definition) is 1. The molecule has 2 N–H and O–H groups in total. The van der Waals surface area contributed by atoms with Crippen LogP contribution in [0.25, 0.3) is 0 Å². The standard InChI is InChI=1S/C16H23N3O/c1-13-4-3-5-15(12-13)20-11-8-14(17)6-7-16-18-9-10-19(16)2/h3-5,9-10,12,14H,6-8,11,17H2,1-2H3. The lowest BCUT2D eigenvalue weighted by atomic mass is 10.1. The minimum Gasteiger partial charge on any atom is -0.494 e. The molecule has 1 aromatic heterocycles. The smallest absolute Gasteiger partial charge is 0.119 e. The van der Waals surface area contributed by atoms with Crippen molar-refractivity contribution in [1.29, 1.82) is 0 Å². The first-order valence-electron chi connectivity index (χ1n) is 7.06. The largest absolute Gasteiger partial charge is 0.494 e. The van der Waals surface area contributed by atoms with Gasteiger partial charge in [0.25, 0.3) is 0 Å². The lowest BCUT2D eigenvalue weighted by molar-refractivity contribution is 0.294. The summed E-state index contributed by atoms with van der Waals surface area (Å²) in [6, 6.07) is 8.24. The van der Waals surface area contributed by atoms with Gasteiger partial charge in [0.2, 0.25) is 0 Å². The Labute approximate surface area is 120 Å². The van der Waals surface area contributed by atoms with E-state index < -0.39 is 0 Å². The van der Waals surface area contributed by atoms with Gasteiger partial charge in [-0.1, -0.05) is 12.1 Å². The van der Waals surface area contributed by atoms with Crippen LogP contribution in [0.4, 0.5) is 0 Å². The molecule has 2 aromatic rings. The number of rotatable bonds is 7. The fourth-order valence-corrected chi connectivity index (χ4v) is 2.13. The van der Waals surface area contributed by atoms with Crippen molar-refractivity contribution < 1.29 is 4.74 Å². The summed E-state index contributed by atoms with van der Waals surface area (Å²) in [5.74, 6) is 2.00. The van der Waals surface area contributed by atoms with Gasteiger partial charge < -0.3 is 15.0 Å². The molecule has 4 nitrogen and oxygen atoms in total. The van der Waals surface area contributed by atoms with E-state index in [9.17, 15) is 0 Å². The van der Waals surface area contributed by atoms with E-state index in [1.165, 1.54) is 5.56 Å². The Morgan fingerprint density at radius 1 is 1.35 bits per heavy atom. The number of benzene rings is 1. The van der Waals surface area contributed by atoms with E-state index >= 15 is 0 Å². The third-order valence-corrected chi connectivity index (χ3v) is 3.41. The molecule has 0 radical (unpaired) electrons. The Bertz CT molecular complexity index is 536. The van der Waals surface area contributed by atoms with Crippen molar-refractivity contribution in [3.05, 3.63) is 48.0 Å². The van der Waals surface area contributed by atoms with Gasteiger partial charge in [-0.25, -0.2) is 4.98 Å². The van der Waals surface area contributed by atoms with Gasteiger partial charge in [0.05, 0.1) is 6.61 Å². The van der Waals surface area contributed by atoms with E-state index in [1.807, 2.05) is 42.2 Å². The van der Waals surface area contributed by atoms with Gasteiger partial charge >= 0.3 is 0 Å². The van der Waals surface area contributed by atoms with Crippen molar-refractivity contribution >= 4 is 0 Å². The molecule has 20 heavy (non-hydrogen) atoms. The van der Waals surface area contributed by atoms with Crippen LogP contribution >= 0.6 is 0 Å². The molecule has 0 aliphatic rings. The number of imidazole rings is 1. The highest BCUT2D eigenvalue weighted by molar-refractivity contribution is 5.27. The number of nitrogens with two attached hydrogens (primary N) is 1. The van der Waals surface area contributed by atoms with Crippen molar-refractivity contribution in [3.8, 4) is 5.75 Å². The zero-order valence-corrected chi connectivity index (χ0v) is 12.2. The van der Waals surface area contributed by atoms with E-state index in [1.54, 1.807) is 0 Å². The Morgan fingerprint density at radius 3 is 2.90 bits per heavy atom. The molecule has 0 amide bonds. The summed E-state index contributed by atoms with van der Waals surface area (Å²) in [6.45, 7) is 2.72. The van der Waals surface area contributed by atoms with Gasteiger partial charge in [-0.3, -0.25) is 0 Å². The molecular weight excluding hydrogens is 250 g/mol. The van der Waals surface area contributed by atoms with Crippen molar-refractivity contribution in [3.63, 3.8) is 0 Å². The summed E-state index contributed by atoms with van der Waals surface area (Å²) in [4.78, 5) is 4.30. The van der Waals surface area contributed by atoms with Gasteiger partial charge in [0.15, 0.2) is 0 Å². The average Bonchev–Trinajstić information content (AvgIpc) is 2.82. The first-order chi connectivity index (χ1) is 9.65. The summed E-state index contributed by atoms with van der Waals surface area (Å²) >= 11 is 0. The van der Waals surface area contributed by atoms with E-state index in [0.717, 1.165) is 30.8 Å². The summed E-state index contributed by atoms with van der Waals surface area (Å²) in [5.41, 5.74) is 7.33. The summed E-state index contributed by atoms with van der Waals surface area (Å²) in [7, 11) is 2.01. The topological polar surface area (TPSA) is 53.1 Å². The zero-order chi connectivity index (χ0) is 14.4. The minimum absolute atomic E-state index is 0.150. The second-order valence-electron chi connectivity index (χ2n) is 5.21. The van der Waals surface area contributed by atoms with Crippen molar-refractivity contribution in [2.24, 2.45) is 12.8 Å². The number of aryl methyl sites for hydroxylation is 3. The highest BCUT2D eigenvalue weighted by Crippen LogP contribution is 2.13. The maximum absolute atomic E-state index is 6.12. The second-order valence-corrected chi connectivity index (χ2v) is 5.21. The SMILES string of the molecule is Cc1cccc(OCCC(N)CCc2nccn2C)c1. The Morgan fingerprint density at radius 2 is 2.20 bits per heavy atom. The monoisotopic (exact) mass is 273 g/mol. The van der Waals surface area contributed by atoms with E-state index in [4.69, 9.17) is 10.5 Å². The Kier molecular flexibility index (Phi) is 5.18. The van der Waals surface area contributed by atoms with Gasteiger partial charge in [0.1, 0.15) is 11.6 Å². The maximum Gasteiger partial charge on any atom is 0.119 e. The molecule has 1 unspecified atom stereocenters. The second kappa shape index (κ2) is 7.10. The van der Waals surface area contributed by atoms with Crippen LogP contribution in [-0.2, 0) is 13.5 Å². The molecule has 108 valence electrons. The fourth-order valence-electron chi connectivity index (χ4n) is 2.13. The first kappa shape index (κ1) is 14.6. The molecule has 0 fully saturated rings. The van der Waals surface area contributed by atoms with Crippen LogP contribution in [0.1, 0.15) is 24.2 Å². The van der Waals surface area contributed by atoms with Crippen LogP contribution in [-0.4, -0.2) is 22.2 Å². The van der Waals surface area contributed by atoms with Crippen LogP contribution in [0, 0.1) is 6.92 Å². The maximum atomic E-state index is 6.12. The van der Waals surface area contributed by atoms with Gasteiger partial charge in [-0.2, -0.15) is 0 Å². The van der Waals surface area contributed by atoms with Gasteiger partial charge in [-0.15, -0.1) is 0 Å². The summed E-state index contributed by atoms with van der Waals surface area (Å²) in [6.07, 6.45) is 6.49. The van der Waals surface area contributed by atoms with Crippen molar-refractivity contribution in [2.75, 3.05) is 6.61 Å². The minimum atomic E-state index is 0.150. The number of hydrogen-bond acceptors (Lipinski definition) is 3. The number of nitrogens with zero attached hydrogens (tertiary/aromatic N) is 2. The Hall–Kier alpha value is -1.81. The Balaban J connectivity index is 1.68. The summed E-state index contributed by atoms with van der Waals surface area (Å²) in [5, 5.41) is 0. The molecule has 1 aromatic carbocycles. The molecule has 0 bridgehead atoms. The van der Waals surface area contributed by atoms with Crippen LogP contribution in [0.15, 0.2) is 36.7 Å². The van der Waals surface area contributed by atoms with Crippen LogP contribution < -0.4 is 10.5 Å². The molecule has 0 saturated carbocycles. The van der Waals surface area contributed by atoms with E-state index in [2.05, 4.69) is 18.0 Å². The molecule has 2 rings (SSSR count). The lowest BCUT2D eigenvalue weighted by Gasteiger charge is -2.12. The molecule has 0 aliphatic heterocycles. The molecular formula is C16H23N3O. The quantitative estimate of drug-likeness (QED) is 0.843. The molecule has 0 saturated heterocycles. The normalized spacial score (nSPS) is 12.3. The van der Waals surface area contributed by atoms with E-state index in [-0.39, 0.29) is 6.04 Å². The van der Waals surface area contributed by atoms with Gasteiger partial charge in [-0.05, 0) is 37.5 Å². The van der Waals surface area contributed by atoms with Crippen molar-refractivity contribution in [2.45, 2.75) is 32.2 Å². The molecule has 0 aliphatic carbocycles.